The number of sulfone groups is 1. The Kier molecular flexibility index (Phi) is 4.82. The fraction of sp³-hybridized carbons (Fsp3) is 0.769. The van der Waals surface area contributed by atoms with E-state index < -0.39 is 9.84 Å². The van der Waals surface area contributed by atoms with Crippen molar-refractivity contribution in [1.82, 2.24) is 19.8 Å². The van der Waals surface area contributed by atoms with Crippen LogP contribution in [-0.2, 0) is 16.9 Å². The average molecular weight is 300 g/mol. The Morgan fingerprint density at radius 1 is 1.50 bits per heavy atom. The second kappa shape index (κ2) is 6.24. The maximum Gasteiger partial charge on any atom is 0.153 e. The molecule has 0 aromatic carbocycles. The number of hydrogen-bond acceptors (Lipinski definition) is 5. The topological polar surface area (TPSA) is 67.2 Å². The third-order valence-corrected chi connectivity index (χ3v) is 6.08. The predicted octanol–water partition coefficient (Wildman–Crippen LogP) is 0.190. The van der Waals surface area contributed by atoms with Gasteiger partial charge in [-0.2, -0.15) is 0 Å². The number of aryl methyl sites for hydroxylation is 1. The Morgan fingerprint density at radius 3 is 2.85 bits per heavy atom. The van der Waals surface area contributed by atoms with Gasteiger partial charge in [-0.05, 0) is 13.8 Å². The summed E-state index contributed by atoms with van der Waals surface area (Å²) < 4.78 is 25.9. The zero-order chi connectivity index (χ0) is 14.8. The first-order chi connectivity index (χ1) is 9.42. The van der Waals surface area contributed by atoms with E-state index in [9.17, 15) is 8.42 Å². The summed E-state index contributed by atoms with van der Waals surface area (Å²) in [5, 5.41) is 3.05. The van der Waals surface area contributed by atoms with Crippen molar-refractivity contribution < 1.29 is 8.42 Å². The maximum absolute atomic E-state index is 12.0. The van der Waals surface area contributed by atoms with E-state index in [1.54, 1.807) is 20.0 Å². The highest BCUT2D eigenvalue weighted by Gasteiger charge is 2.28. The molecular formula is C13H24N4O2S. The van der Waals surface area contributed by atoms with E-state index in [1.165, 1.54) is 0 Å². The van der Waals surface area contributed by atoms with E-state index in [-0.39, 0.29) is 17.0 Å². The first-order valence-electron chi connectivity index (χ1n) is 7.05. The molecule has 1 atom stereocenters. The summed E-state index contributed by atoms with van der Waals surface area (Å²) in [6.45, 7) is 6.60. The molecule has 7 heteroatoms. The van der Waals surface area contributed by atoms with Crippen LogP contribution in [0.15, 0.2) is 12.4 Å². The molecule has 1 saturated heterocycles. The summed E-state index contributed by atoms with van der Waals surface area (Å²) in [6.07, 6.45) is 3.71. The van der Waals surface area contributed by atoms with Gasteiger partial charge in [0.05, 0.1) is 17.0 Å². The lowest BCUT2D eigenvalue weighted by Gasteiger charge is -2.35. The largest absolute Gasteiger partial charge is 0.337 e. The van der Waals surface area contributed by atoms with Gasteiger partial charge in [0.2, 0.25) is 0 Å². The lowest BCUT2D eigenvalue weighted by Crippen LogP contribution is -2.48. The van der Waals surface area contributed by atoms with Crippen LogP contribution in [0.2, 0.25) is 0 Å². The molecule has 2 heterocycles. The van der Waals surface area contributed by atoms with Gasteiger partial charge >= 0.3 is 0 Å². The van der Waals surface area contributed by atoms with Crippen LogP contribution in [0.25, 0.3) is 0 Å². The van der Waals surface area contributed by atoms with Gasteiger partial charge in [-0.3, -0.25) is 4.90 Å². The molecule has 1 N–H and O–H groups in total. The molecule has 1 aromatic rings. The van der Waals surface area contributed by atoms with Crippen LogP contribution < -0.4 is 5.32 Å². The van der Waals surface area contributed by atoms with E-state index in [0.717, 1.165) is 25.5 Å². The second-order valence-electron chi connectivity index (χ2n) is 5.57. The number of rotatable bonds is 5. The lowest BCUT2D eigenvalue weighted by molar-refractivity contribution is 0.162. The quantitative estimate of drug-likeness (QED) is 0.841. The predicted molar refractivity (Wildman–Crippen MR) is 79.3 cm³/mol. The molecule has 114 valence electrons. The molecule has 1 aromatic heterocycles. The first-order valence-corrected chi connectivity index (χ1v) is 8.77. The summed E-state index contributed by atoms with van der Waals surface area (Å²) in [5.74, 6) is 1.20. The average Bonchev–Trinajstić information content (AvgIpc) is 2.83. The smallest absolute Gasteiger partial charge is 0.153 e. The zero-order valence-electron chi connectivity index (χ0n) is 12.4. The minimum atomic E-state index is -2.99. The molecule has 0 amide bonds. The van der Waals surface area contributed by atoms with Gasteiger partial charge in [0.1, 0.15) is 5.82 Å². The minimum Gasteiger partial charge on any atom is -0.337 e. The third-order valence-electron chi connectivity index (χ3n) is 3.89. The van der Waals surface area contributed by atoms with Crippen LogP contribution in [0.1, 0.15) is 25.7 Å². The van der Waals surface area contributed by atoms with Crippen LogP contribution in [0, 0.1) is 0 Å². The summed E-state index contributed by atoms with van der Waals surface area (Å²) in [4.78, 5) is 6.62. The summed E-state index contributed by atoms with van der Waals surface area (Å²) in [7, 11) is -1.02. The highest BCUT2D eigenvalue weighted by atomic mass is 32.2. The summed E-state index contributed by atoms with van der Waals surface area (Å²) >= 11 is 0. The zero-order valence-corrected chi connectivity index (χ0v) is 13.2. The van der Waals surface area contributed by atoms with Crippen molar-refractivity contribution in [2.24, 2.45) is 7.05 Å². The molecule has 6 nitrogen and oxygen atoms in total. The number of nitrogens with one attached hydrogen (secondary N) is 1. The number of aromatic nitrogens is 2. The molecule has 0 bridgehead atoms. The molecule has 1 fully saturated rings. The van der Waals surface area contributed by atoms with Crippen molar-refractivity contribution in [3.63, 3.8) is 0 Å². The van der Waals surface area contributed by atoms with Gasteiger partial charge < -0.3 is 9.88 Å². The van der Waals surface area contributed by atoms with Crippen molar-refractivity contribution in [3.8, 4) is 0 Å². The van der Waals surface area contributed by atoms with Crippen LogP contribution in [0.3, 0.4) is 0 Å². The highest BCUT2D eigenvalue weighted by molar-refractivity contribution is 7.92. The second-order valence-corrected chi connectivity index (χ2v) is 8.24. The molecular weight excluding hydrogens is 276 g/mol. The van der Waals surface area contributed by atoms with E-state index in [0.29, 0.717) is 6.54 Å². The molecule has 20 heavy (non-hydrogen) atoms. The van der Waals surface area contributed by atoms with Crippen molar-refractivity contribution in [1.29, 1.82) is 0 Å². The Hall–Kier alpha value is -0.920. The van der Waals surface area contributed by atoms with Gasteiger partial charge in [-0.25, -0.2) is 13.4 Å². The van der Waals surface area contributed by atoms with Crippen LogP contribution in [-0.4, -0.2) is 60.1 Å². The Bertz CT molecular complexity index is 538. The van der Waals surface area contributed by atoms with Gasteiger partial charge in [-0.15, -0.1) is 0 Å². The number of nitrogens with zero attached hydrogens (tertiary/aromatic N) is 3. The first kappa shape index (κ1) is 15.5. The molecule has 1 aliphatic heterocycles. The number of piperazine rings is 1. The molecule has 0 spiro atoms. The van der Waals surface area contributed by atoms with E-state index >= 15 is 0 Å². The molecule has 0 aliphatic carbocycles. The van der Waals surface area contributed by atoms with Crippen molar-refractivity contribution in [3.05, 3.63) is 18.2 Å². The normalized spacial score (nSPS) is 21.5. The van der Waals surface area contributed by atoms with Gasteiger partial charge in [0, 0.05) is 45.6 Å². The standard InChI is InChI=1S/C13H24N4O2S/c1-11(2)20(18,19)9-8-17-7-4-14-10-12(17)13-15-5-6-16(13)3/h5-6,11-12,14H,4,7-10H2,1-3H3. The van der Waals surface area contributed by atoms with Crippen LogP contribution in [0.4, 0.5) is 0 Å². The van der Waals surface area contributed by atoms with Crippen molar-refractivity contribution in [2.75, 3.05) is 31.9 Å². The monoisotopic (exact) mass is 300 g/mol. The molecule has 0 radical (unpaired) electrons. The van der Waals surface area contributed by atoms with Gasteiger partial charge in [-0.1, -0.05) is 0 Å². The maximum atomic E-state index is 12.0. The van der Waals surface area contributed by atoms with E-state index in [2.05, 4.69) is 15.2 Å². The van der Waals surface area contributed by atoms with Crippen LogP contribution in [0.5, 0.6) is 0 Å². The molecule has 2 rings (SSSR count). The Labute approximate surface area is 121 Å². The fourth-order valence-corrected chi connectivity index (χ4v) is 3.41. The minimum absolute atomic E-state index is 0.145. The van der Waals surface area contributed by atoms with E-state index in [4.69, 9.17) is 0 Å². The molecule has 1 unspecified atom stereocenters. The Balaban J connectivity index is 2.07. The molecule has 0 saturated carbocycles. The van der Waals surface area contributed by atoms with E-state index in [1.807, 2.05) is 17.8 Å². The van der Waals surface area contributed by atoms with Gasteiger partial charge in [0.15, 0.2) is 9.84 Å². The van der Waals surface area contributed by atoms with Gasteiger partial charge in [0.25, 0.3) is 0 Å². The highest BCUT2D eigenvalue weighted by Crippen LogP contribution is 2.20. The van der Waals surface area contributed by atoms with Crippen LogP contribution >= 0.6 is 0 Å². The summed E-state index contributed by atoms with van der Waals surface area (Å²) in [6, 6.07) is 0.145. The fourth-order valence-electron chi connectivity index (χ4n) is 2.45. The SMILES string of the molecule is CC(C)S(=O)(=O)CCN1CCNCC1c1nccn1C. The Morgan fingerprint density at radius 2 is 2.25 bits per heavy atom. The number of hydrogen-bond donors (Lipinski definition) is 1. The summed E-state index contributed by atoms with van der Waals surface area (Å²) in [5.41, 5.74) is 0. The van der Waals surface area contributed by atoms with Crippen molar-refractivity contribution >= 4 is 9.84 Å². The molecule has 1 aliphatic rings. The number of imidazole rings is 1. The van der Waals surface area contributed by atoms with Crippen molar-refractivity contribution in [2.45, 2.75) is 25.1 Å². The third kappa shape index (κ3) is 3.39. The lowest BCUT2D eigenvalue weighted by atomic mass is 10.2.